The Kier molecular flexibility index (Phi) is 6.79. The van der Waals surface area contributed by atoms with Crippen LogP contribution in [0.5, 0.6) is 5.75 Å². The van der Waals surface area contributed by atoms with E-state index in [-0.39, 0.29) is 12.6 Å². The molecule has 0 aliphatic carbocycles. The van der Waals surface area contributed by atoms with Gasteiger partial charge in [-0.2, -0.15) is 4.91 Å². The molecule has 0 unspecified atom stereocenters. The summed E-state index contributed by atoms with van der Waals surface area (Å²) in [6.45, 7) is 7.99. The van der Waals surface area contributed by atoms with E-state index in [1.165, 1.54) is 0 Å². The lowest BCUT2D eigenvalue weighted by molar-refractivity contribution is 0.0177. The summed E-state index contributed by atoms with van der Waals surface area (Å²) in [5, 5.41) is 2.87. The number of nitroso groups, excluding NO2 is 1. The summed E-state index contributed by atoms with van der Waals surface area (Å²) in [6.07, 6.45) is 2.71. The van der Waals surface area contributed by atoms with Crippen molar-refractivity contribution in [2.24, 2.45) is 11.1 Å². The van der Waals surface area contributed by atoms with Crippen molar-refractivity contribution < 1.29 is 14.3 Å². The highest BCUT2D eigenvalue weighted by atomic mass is 16.6. The van der Waals surface area contributed by atoms with Gasteiger partial charge in [-0.3, -0.25) is 0 Å². The molecule has 0 N–H and O–H groups in total. The smallest absolute Gasteiger partial charge is 0.410 e. The van der Waals surface area contributed by atoms with Crippen LogP contribution in [0.15, 0.2) is 29.4 Å². The fourth-order valence-corrected chi connectivity index (χ4v) is 2.84. The van der Waals surface area contributed by atoms with Crippen molar-refractivity contribution in [3.8, 4) is 5.75 Å². The number of rotatable bonds is 6. The van der Waals surface area contributed by atoms with Crippen LogP contribution < -0.4 is 4.74 Å². The molecular weight excluding hydrogens is 320 g/mol. The van der Waals surface area contributed by atoms with Crippen LogP contribution in [0.25, 0.3) is 0 Å². The van der Waals surface area contributed by atoms with Gasteiger partial charge in [-0.05, 0) is 63.6 Å². The summed E-state index contributed by atoms with van der Waals surface area (Å²) in [6, 6.07) is 7.45. The zero-order valence-corrected chi connectivity index (χ0v) is 15.4. The number of benzene rings is 1. The Morgan fingerprint density at radius 3 is 2.40 bits per heavy atom. The lowest BCUT2D eigenvalue weighted by Crippen LogP contribution is -2.41. The second kappa shape index (κ2) is 8.83. The number of amides is 1. The molecule has 1 aromatic rings. The van der Waals surface area contributed by atoms with Crippen molar-refractivity contribution in [3.05, 3.63) is 34.7 Å². The summed E-state index contributed by atoms with van der Waals surface area (Å²) >= 11 is 0. The van der Waals surface area contributed by atoms with Crippen LogP contribution >= 0.6 is 0 Å². The van der Waals surface area contributed by atoms with Gasteiger partial charge in [0.25, 0.3) is 0 Å². The third kappa shape index (κ3) is 6.72. The molecule has 0 radical (unpaired) electrons. The van der Waals surface area contributed by atoms with Crippen LogP contribution in [0.3, 0.4) is 0 Å². The van der Waals surface area contributed by atoms with E-state index >= 15 is 0 Å². The number of carbonyl (C=O) groups is 1. The fourth-order valence-electron chi connectivity index (χ4n) is 2.84. The standard InChI is InChI=1S/C19H28N2O4/c1-19(2,3)25-18(22)21-11-8-15(9-12-21)10-13-24-17-6-4-16(5-7-17)14-20-23/h4-7,15H,8-14H2,1-3H3. The average molecular weight is 348 g/mol. The topological polar surface area (TPSA) is 68.2 Å². The molecule has 0 atom stereocenters. The first kappa shape index (κ1) is 19.2. The molecule has 0 saturated carbocycles. The van der Waals surface area contributed by atoms with E-state index in [1.54, 1.807) is 4.90 Å². The highest BCUT2D eigenvalue weighted by Gasteiger charge is 2.26. The summed E-state index contributed by atoms with van der Waals surface area (Å²) in [5.41, 5.74) is 0.441. The molecule has 1 aromatic carbocycles. The van der Waals surface area contributed by atoms with Crippen LogP contribution in [0, 0.1) is 10.8 Å². The van der Waals surface area contributed by atoms with Gasteiger partial charge in [0.05, 0.1) is 6.61 Å². The maximum absolute atomic E-state index is 12.0. The van der Waals surface area contributed by atoms with E-state index in [9.17, 15) is 9.70 Å². The van der Waals surface area contributed by atoms with Gasteiger partial charge in [0.2, 0.25) is 0 Å². The molecule has 6 nitrogen and oxygen atoms in total. The molecule has 1 amide bonds. The highest BCUT2D eigenvalue weighted by molar-refractivity contribution is 5.68. The maximum atomic E-state index is 12.0. The number of hydrogen-bond donors (Lipinski definition) is 0. The molecule has 25 heavy (non-hydrogen) atoms. The van der Waals surface area contributed by atoms with Gasteiger partial charge in [-0.15, -0.1) is 0 Å². The monoisotopic (exact) mass is 348 g/mol. The van der Waals surface area contributed by atoms with Crippen molar-refractivity contribution in [1.82, 2.24) is 4.90 Å². The SMILES string of the molecule is CC(C)(C)OC(=O)N1CCC(CCOc2ccc(CN=O)cc2)CC1. The normalized spacial score (nSPS) is 15.7. The second-order valence-corrected chi connectivity index (χ2v) is 7.48. The fraction of sp³-hybridized carbons (Fsp3) is 0.632. The van der Waals surface area contributed by atoms with Crippen molar-refractivity contribution in [2.45, 2.75) is 52.2 Å². The highest BCUT2D eigenvalue weighted by Crippen LogP contribution is 2.23. The molecule has 1 aliphatic heterocycles. The predicted octanol–water partition coefficient (Wildman–Crippen LogP) is 4.37. The Morgan fingerprint density at radius 1 is 1.20 bits per heavy atom. The quantitative estimate of drug-likeness (QED) is 0.716. The first-order valence-electron chi connectivity index (χ1n) is 8.86. The van der Waals surface area contributed by atoms with Gasteiger partial charge in [0.1, 0.15) is 17.9 Å². The Bertz CT molecular complexity index is 558. The van der Waals surface area contributed by atoms with Gasteiger partial charge in [-0.25, -0.2) is 4.79 Å². The number of hydrogen-bond acceptors (Lipinski definition) is 5. The molecule has 0 bridgehead atoms. The predicted molar refractivity (Wildman–Crippen MR) is 96.6 cm³/mol. The zero-order chi connectivity index (χ0) is 18.3. The van der Waals surface area contributed by atoms with E-state index < -0.39 is 5.60 Å². The van der Waals surface area contributed by atoms with Crippen LogP contribution in [0.4, 0.5) is 4.79 Å². The second-order valence-electron chi connectivity index (χ2n) is 7.48. The largest absolute Gasteiger partial charge is 0.494 e. The average Bonchev–Trinajstić information content (AvgIpc) is 2.56. The van der Waals surface area contributed by atoms with Gasteiger partial charge < -0.3 is 14.4 Å². The van der Waals surface area contributed by atoms with Gasteiger partial charge in [0, 0.05) is 13.1 Å². The Balaban J connectivity index is 1.66. The minimum atomic E-state index is -0.445. The Morgan fingerprint density at radius 2 is 1.84 bits per heavy atom. The molecule has 1 heterocycles. The number of ether oxygens (including phenoxy) is 2. The molecule has 0 spiro atoms. The minimum Gasteiger partial charge on any atom is -0.494 e. The first-order chi connectivity index (χ1) is 11.9. The third-order valence-electron chi connectivity index (χ3n) is 4.23. The molecule has 1 fully saturated rings. The Hall–Kier alpha value is -2.11. The van der Waals surface area contributed by atoms with E-state index in [4.69, 9.17) is 9.47 Å². The van der Waals surface area contributed by atoms with E-state index in [1.807, 2.05) is 45.0 Å². The molecule has 1 aliphatic rings. The van der Waals surface area contributed by atoms with Gasteiger partial charge >= 0.3 is 6.09 Å². The number of likely N-dealkylation sites (tertiary alicyclic amines) is 1. The third-order valence-corrected chi connectivity index (χ3v) is 4.23. The van der Waals surface area contributed by atoms with Crippen LogP contribution in [0.2, 0.25) is 0 Å². The van der Waals surface area contributed by atoms with Crippen LogP contribution in [0.1, 0.15) is 45.6 Å². The lowest BCUT2D eigenvalue weighted by Gasteiger charge is -2.33. The molecule has 0 aromatic heterocycles. The summed E-state index contributed by atoms with van der Waals surface area (Å²) in [5.74, 6) is 1.37. The van der Waals surface area contributed by atoms with Crippen molar-refractivity contribution in [1.29, 1.82) is 0 Å². The summed E-state index contributed by atoms with van der Waals surface area (Å²) in [4.78, 5) is 24.1. The van der Waals surface area contributed by atoms with E-state index in [0.29, 0.717) is 12.5 Å². The summed E-state index contributed by atoms with van der Waals surface area (Å²) < 4.78 is 11.2. The first-order valence-corrected chi connectivity index (χ1v) is 8.86. The van der Waals surface area contributed by atoms with Crippen molar-refractivity contribution >= 4 is 6.09 Å². The molecule has 138 valence electrons. The molecule has 2 rings (SSSR count). The number of nitrogens with zero attached hydrogens (tertiary/aromatic N) is 2. The molecule has 6 heteroatoms. The maximum Gasteiger partial charge on any atom is 0.410 e. The van der Waals surface area contributed by atoms with Crippen molar-refractivity contribution in [3.63, 3.8) is 0 Å². The van der Waals surface area contributed by atoms with Crippen molar-refractivity contribution in [2.75, 3.05) is 19.7 Å². The molecule has 1 saturated heterocycles. The van der Waals surface area contributed by atoms with Crippen LogP contribution in [-0.4, -0.2) is 36.3 Å². The number of carbonyl (C=O) groups excluding carboxylic acids is 1. The van der Waals surface area contributed by atoms with Gasteiger partial charge in [0.15, 0.2) is 0 Å². The Labute approximate surface area is 149 Å². The van der Waals surface area contributed by atoms with E-state index in [0.717, 1.165) is 43.7 Å². The minimum absolute atomic E-state index is 0.191. The molecular formula is C19H28N2O4. The van der Waals surface area contributed by atoms with E-state index in [2.05, 4.69) is 5.18 Å². The van der Waals surface area contributed by atoms with Crippen LogP contribution in [-0.2, 0) is 11.3 Å². The summed E-state index contributed by atoms with van der Waals surface area (Å²) in [7, 11) is 0. The van der Waals surface area contributed by atoms with Gasteiger partial charge in [-0.1, -0.05) is 17.3 Å². The zero-order valence-electron chi connectivity index (χ0n) is 15.4. The number of piperidine rings is 1. The lowest BCUT2D eigenvalue weighted by atomic mass is 9.94.